The van der Waals surface area contributed by atoms with Gasteiger partial charge in [0.1, 0.15) is 13.2 Å². The number of ether oxygens (including phenoxy) is 4. The molecule has 0 aliphatic heterocycles. The Morgan fingerprint density at radius 2 is 0.667 bits per heavy atom. The normalized spacial score (nSPS) is 13.9. The van der Waals surface area contributed by atoms with Crippen LogP contribution in [0.2, 0.25) is 0 Å². The van der Waals surface area contributed by atoms with Gasteiger partial charge in [-0.3, -0.25) is 9.59 Å². The zero-order valence-electron chi connectivity index (χ0n) is 51.6. The van der Waals surface area contributed by atoms with Crippen LogP contribution in [0.25, 0.3) is 0 Å². The summed E-state index contributed by atoms with van der Waals surface area (Å²) < 4.78 is 22.7. The predicted molar refractivity (Wildman–Crippen MR) is 342 cm³/mol. The molecule has 0 saturated heterocycles. The Hall–Kier alpha value is -5.35. The zero-order chi connectivity index (χ0) is 59.1. The highest BCUT2D eigenvalue weighted by Gasteiger charge is 2.22. The number of quaternary nitrogens is 1. The van der Waals surface area contributed by atoms with Gasteiger partial charge in [-0.05, 0) is 128 Å². The van der Waals surface area contributed by atoms with E-state index >= 15 is 0 Å². The number of carboxylic acid groups (broad SMARTS) is 1. The highest BCUT2D eigenvalue weighted by Crippen LogP contribution is 2.13. The van der Waals surface area contributed by atoms with E-state index in [4.69, 9.17) is 18.9 Å². The second-order valence-corrected chi connectivity index (χ2v) is 21.2. The molecule has 0 fully saturated rings. The lowest BCUT2D eigenvalue weighted by atomic mass is 10.1. The SMILES string of the molecule is CC/C=C\C/C=C\C/C=C\C/C=C\C/C=C\C/C=C\C/C=C\C/C=C\C/C=C\CCCCCCCC(=O)OC(COC(=O)CCCCCCCCC/C=C\C/C=C\C/C=C\C/C=C\C/C=C\CC)COC(OCC[N+](C)(C)C)C(=O)[O-]. The van der Waals surface area contributed by atoms with E-state index in [0.29, 0.717) is 23.9 Å². The van der Waals surface area contributed by atoms with Crippen molar-refractivity contribution in [3.63, 3.8) is 0 Å². The van der Waals surface area contributed by atoms with Gasteiger partial charge >= 0.3 is 11.9 Å². The van der Waals surface area contributed by atoms with Crippen LogP contribution in [0.5, 0.6) is 0 Å². The van der Waals surface area contributed by atoms with E-state index in [1.54, 1.807) is 0 Å². The molecule has 0 saturated carbocycles. The molecule has 454 valence electrons. The summed E-state index contributed by atoms with van der Waals surface area (Å²) in [4.78, 5) is 37.4. The zero-order valence-corrected chi connectivity index (χ0v) is 51.6. The van der Waals surface area contributed by atoms with Gasteiger partial charge in [-0.15, -0.1) is 0 Å². The van der Waals surface area contributed by atoms with E-state index in [1.807, 2.05) is 21.1 Å². The number of nitrogens with zero attached hydrogens (tertiary/aromatic N) is 1. The van der Waals surface area contributed by atoms with Crippen molar-refractivity contribution in [3.8, 4) is 0 Å². The number of rotatable bonds is 55. The monoisotopic (exact) mass is 1120 g/mol. The van der Waals surface area contributed by atoms with Crippen LogP contribution in [0, 0.1) is 0 Å². The molecule has 0 aromatic carbocycles. The van der Waals surface area contributed by atoms with Gasteiger partial charge in [0.15, 0.2) is 12.4 Å². The average Bonchev–Trinajstić information content (AvgIpc) is 3.44. The molecule has 0 N–H and O–H groups in total. The van der Waals surface area contributed by atoms with Crippen LogP contribution in [0.3, 0.4) is 0 Å². The molecule has 0 aromatic rings. The first-order valence-electron chi connectivity index (χ1n) is 31.3. The molecule has 0 radical (unpaired) electrons. The Labute approximate surface area is 495 Å². The fourth-order valence-electron chi connectivity index (χ4n) is 7.73. The van der Waals surface area contributed by atoms with Gasteiger partial charge in [-0.25, -0.2) is 0 Å². The minimum absolute atomic E-state index is 0.131. The van der Waals surface area contributed by atoms with Crippen molar-refractivity contribution in [2.45, 2.75) is 219 Å². The lowest BCUT2D eigenvalue weighted by Gasteiger charge is -2.26. The van der Waals surface area contributed by atoms with Crippen LogP contribution in [0.15, 0.2) is 170 Å². The number of hydrogen-bond donors (Lipinski definition) is 0. The number of esters is 2. The number of hydrogen-bond acceptors (Lipinski definition) is 8. The van der Waals surface area contributed by atoms with Gasteiger partial charge in [-0.2, -0.15) is 0 Å². The molecule has 0 aliphatic carbocycles. The highest BCUT2D eigenvalue weighted by molar-refractivity contribution is 5.70. The second kappa shape index (κ2) is 60.7. The van der Waals surface area contributed by atoms with Crippen LogP contribution in [-0.2, 0) is 33.3 Å². The summed E-state index contributed by atoms with van der Waals surface area (Å²) in [5, 5.41) is 11.8. The Kier molecular flexibility index (Phi) is 56.7. The molecule has 0 heterocycles. The predicted octanol–water partition coefficient (Wildman–Crippen LogP) is 17.8. The molecule has 2 atom stereocenters. The molecule has 0 aromatic heterocycles. The number of allylic oxidation sites excluding steroid dienone is 28. The van der Waals surface area contributed by atoms with Crippen LogP contribution in [0.1, 0.15) is 206 Å². The summed E-state index contributed by atoms with van der Waals surface area (Å²) >= 11 is 0. The maximum absolute atomic E-state index is 12.9. The third kappa shape index (κ3) is 62.1. The van der Waals surface area contributed by atoms with Crippen molar-refractivity contribution < 1.29 is 42.9 Å². The van der Waals surface area contributed by atoms with E-state index in [-0.39, 0.29) is 38.6 Å². The summed E-state index contributed by atoms with van der Waals surface area (Å²) in [6.45, 7) is 4.45. The maximum atomic E-state index is 12.9. The lowest BCUT2D eigenvalue weighted by molar-refractivity contribution is -0.870. The first kappa shape index (κ1) is 75.7. The second-order valence-electron chi connectivity index (χ2n) is 21.2. The summed E-state index contributed by atoms with van der Waals surface area (Å²) in [7, 11) is 5.90. The molecule has 0 rings (SSSR count). The van der Waals surface area contributed by atoms with Gasteiger partial charge in [0.05, 0.1) is 40.3 Å². The van der Waals surface area contributed by atoms with Crippen molar-refractivity contribution >= 4 is 17.9 Å². The van der Waals surface area contributed by atoms with Crippen molar-refractivity contribution in [2.75, 3.05) is 47.5 Å². The fraction of sp³-hybridized carbons (Fsp3) is 0.569. The Bertz CT molecular complexity index is 1930. The third-order valence-corrected chi connectivity index (χ3v) is 12.5. The number of carbonyl (C=O) groups is 3. The molecule has 0 bridgehead atoms. The van der Waals surface area contributed by atoms with Crippen molar-refractivity contribution in [3.05, 3.63) is 170 Å². The average molecular weight is 1120 g/mol. The van der Waals surface area contributed by atoms with E-state index in [1.165, 1.54) is 19.3 Å². The summed E-state index contributed by atoms with van der Waals surface area (Å²) in [6, 6.07) is 0. The van der Waals surface area contributed by atoms with Crippen LogP contribution in [0.4, 0.5) is 0 Å². The molecule has 0 amide bonds. The standard InChI is InChI=1S/C72H113NO8/c1-6-8-10-12-14-16-18-20-22-24-26-28-30-31-32-33-34-35-36-37-38-39-41-43-45-47-49-51-53-55-57-59-61-63-70(75)81-68(67-80-72(71(76)77)78-65-64-73(3,4)5)66-79-69(74)62-60-58-56-54-52-50-48-46-44-42-40-29-27-25-23-21-19-17-15-13-11-9-7-2/h8-11,14-17,20-23,26-29,31-32,34-35,37-38,41-44,47,49,68,72H,6-7,12-13,18-19,24-25,30,33,36,39-40,45-46,48,50-67H2,1-5H3/b10-8-,11-9-,16-14-,17-15-,22-20-,23-21-,28-26-,29-27-,32-31-,35-34-,38-37-,43-41-,44-42-,49-47-. The number of carbonyl (C=O) groups excluding carboxylic acids is 3. The van der Waals surface area contributed by atoms with Crippen LogP contribution in [-0.4, -0.2) is 82.3 Å². The largest absolute Gasteiger partial charge is 0.545 e. The number of aliphatic carboxylic acids is 1. The Morgan fingerprint density at radius 3 is 0.988 bits per heavy atom. The van der Waals surface area contributed by atoms with Gasteiger partial charge in [0, 0.05) is 12.8 Å². The molecule has 2 unspecified atom stereocenters. The third-order valence-electron chi connectivity index (χ3n) is 12.5. The van der Waals surface area contributed by atoms with Gasteiger partial charge in [0.2, 0.25) is 0 Å². The van der Waals surface area contributed by atoms with Gasteiger partial charge in [0.25, 0.3) is 0 Å². The molecular formula is C72H113NO8. The van der Waals surface area contributed by atoms with Crippen LogP contribution < -0.4 is 5.11 Å². The first-order valence-corrected chi connectivity index (χ1v) is 31.3. The molecule has 9 nitrogen and oxygen atoms in total. The number of likely N-dealkylation sites (N-methyl/N-ethyl adjacent to an activating group) is 1. The minimum Gasteiger partial charge on any atom is -0.545 e. The smallest absolute Gasteiger partial charge is 0.306 e. The maximum Gasteiger partial charge on any atom is 0.306 e. The molecule has 81 heavy (non-hydrogen) atoms. The Morgan fingerprint density at radius 1 is 0.370 bits per heavy atom. The van der Waals surface area contributed by atoms with E-state index < -0.39 is 24.3 Å². The van der Waals surface area contributed by atoms with E-state index in [9.17, 15) is 19.5 Å². The van der Waals surface area contributed by atoms with Gasteiger partial charge in [-0.1, -0.05) is 235 Å². The minimum atomic E-state index is -1.64. The molecular weight excluding hydrogens is 1010 g/mol. The summed E-state index contributed by atoms with van der Waals surface area (Å²) in [5.74, 6) is -2.35. The lowest BCUT2D eigenvalue weighted by Crippen LogP contribution is -2.44. The van der Waals surface area contributed by atoms with Gasteiger partial charge < -0.3 is 33.3 Å². The summed E-state index contributed by atoms with van der Waals surface area (Å²) in [5.41, 5.74) is 0. The topological polar surface area (TPSA) is 111 Å². The van der Waals surface area contributed by atoms with E-state index in [0.717, 1.165) is 148 Å². The first-order chi connectivity index (χ1) is 39.6. The van der Waals surface area contributed by atoms with Crippen LogP contribution >= 0.6 is 0 Å². The molecule has 0 spiro atoms. The molecule has 9 heteroatoms. The summed E-state index contributed by atoms with van der Waals surface area (Å²) in [6.07, 6.45) is 88.3. The number of unbranched alkanes of at least 4 members (excludes halogenated alkanes) is 12. The van der Waals surface area contributed by atoms with Crippen molar-refractivity contribution in [1.82, 2.24) is 0 Å². The number of carboxylic acids is 1. The molecule has 0 aliphatic rings. The van der Waals surface area contributed by atoms with E-state index in [2.05, 4.69) is 184 Å². The highest BCUT2D eigenvalue weighted by atomic mass is 16.7. The Balaban J connectivity index is 4.33. The van der Waals surface area contributed by atoms with Crippen molar-refractivity contribution in [2.24, 2.45) is 0 Å². The fourth-order valence-corrected chi connectivity index (χ4v) is 7.73. The quantitative estimate of drug-likeness (QED) is 0.0195. The van der Waals surface area contributed by atoms with Crippen molar-refractivity contribution in [1.29, 1.82) is 0 Å².